The first-order valence-electron chi connectivity index (χ1n) is 5.50. The van der Waals surface area contributed by atoms with Crippen LogP contribution in [0.1, 0.15) is 58.8 Å². The van der Waals surface area contributed by atoms with E-state index in [9.17, 15) is 0 Å². The number of halogens is 2. The van der Waals surface area contributed by atoms with Crippen LogP contribution >= 0.6 is 22.2 Å². The molecule has 1 atom stereocenters. The van der Waals surface area contributed by atoms with Crippen LogP contribution in [-0.2, 0) is 0 Å². The summed E-state index contributed by atoms with van der Waals surface area (Å²) in [5.41, 5.74) is 0.658. The van der Waals surface area contributed by atoms with Crippen molar-refractivity contribution in [1.82, 2.24) is 0 Å². The molecule has 0 saturated heterocycles. The number of rotatable bonds is 8. The molecule has 0 nitrogen and oxygen atoms in total. The Balaban J connectivity index is 3.45. The van der Waals surface area contributed by atoms with E-state index in [2.05, 4.69) is 13.8 Å². The van der Waals surface area contributed by atoms with Gasteiger partial charge >= 0.3 is 0 Å². The molecule has 80 valence electrons. The first kappa shape index (κ1) is 13.8. The van der Waals surface area contributed by atoms with Gasteiger partial charge in [0.1, 0.15) is 0 Å². The van der Waals surface area contributed by atoms with E-state index in [1.165, 1.54) is 44.9 Å². The van der Waals surface area contributed by atoms with Crippen molar-refractivity contribution in [2.75, 3.05) is 0 Å². The molecular formula is C10H22Cl2Si. The second-order valence-corrected chi connectivity index (χ2v) is 8.84. The van der Waals surface area contributed by atoms with Crippen LogP contribution < -0.4 is 0 Å². The average molecular weight is 241 g/mol. The van der Waals surface area contributed by atoms with Crippen molar-refractivity contribution in [3.05, 3.63) is 0 Å². The molecule has 0 bridgehead atoms. The summed E-state index contributed by atoms with van der Waals surface area (Å²) in [7, 11) is -1.41. The smallest absolute Gasteiger partial charge is 0.150 e. The molecule has 0 N–H and O–H groups in total. The van der Waals surface area contributed by atoms with Crippen molar-refractivity contribution < 1.29 is 0 Å². The first-order valence-corrected chi connectivity index (χ1v) is 9.66. The summed E-state index contributed by atoms with van der Waals surface area (Å²) in [6.07, 6.45) is 9.05. The Morgan fingerprint density at radius 1 is 0.923 bits per heavy atom. The van der Waals surface area contributed by atoms with E-state index >= 15 is 0 Å². The van der Waals surface area contributed by atoms with Crippen molar-refractivity contribution in [3.8, 4) is 0 Å². The third-order valence-corrected chi connectivity index (χ3v) is 5.96. The van der Waals surface area contributed by atoms with Crippen LogP contribution in [-0.4, -0.2) is 7.42 Å². The van der Waals surface area contributed by atoms with Gasteiger partial charge in [0.2, 0.25) is 7.42 Å². The van der Waals surface area contributed by atoms with Crippen molar-refractivity contribution in [3.63, 3.8) is 0 Å². The number of unbranched alkanes of at least 4 members (excludes halogenated alkanes) is 3. The molecular weight excluding hydrogens is 219 g/mol. The zero-order valence-corrected chi connectivity index (χ0v) is 11.5. The molecule has 1 unspecified atom stereocenters. The highest BCUT2D eigenvalue weighted by Gasteiger charge is 2.17. The Hall–Kier alpha value is 0.797. The lowest BCUT2D eigenvalue weighted by Gasteiger charge is -2.15. The molecule has 0 aliphatic rings. The van der Waals surface area contributed by atoms with Gasteiger partial charge in [0.15, 0.2) is 0 Å². The summed E-state index contributed by atoms with van der Waals surface area (Å²) < 4.78 is 0. The summed E-state index contributed by atoms with van der Waals surface area (Å²) in [6, 6.07) is 0. The normalized spacial score (nSPS) is 13.6. The SMILES string of the molecule is CCCCCCC(CCC)[SiH](Cl)Cl. The van der Waals surface area contributed by atoms with Gasteiger partial charge < -0.3 is 0 Å². The summed E-state index contributed by atoms with van der Waals surface area (Å²) >= 11 is 12.1. The highest BCUT2D eigenvalue weighted by molar-refractivity contribution is 7.34. The maximum Gasteiger partial charge on any atom is 0.240 e. The Kier molecular flexibility index (Phi) is 9.93. The quantitative estimate of drug-likeness (QED) is 0.324. The minimum Gasteiger partial charge on any atom is -0.150 e. The van der Waals surface area contributed by atoms with E-state index in [4.69, 9.17) is 22.2 Å². The van der Waals surface area contributed by atoms with E-state index in [0.717, 1.165) is 0 Å². The molecule has 0 aliphatic heterocycles. The summed E-state index contributed by atoms with van der Waals surface area (Å²) in [6.45, 7) is 4.45. The fraction of sp³-hybridized carbons (Fsp3) is 1.00. The van der Waals surface area contributed by atoms with Crippen molar-refractivity contribution in [2.45, 2.75) is 64.3 Å². The van der Waals surface area contributed by atoms with Crippen LogP contribution in [0.5, 0.6) is 0 Å². The molecule has 0 fully saturated rings. The minimum absolute atomic E-state index is 0.658. The minimum atomic E-state index is -1.41. The van der Waals surface area contributed by atoms with E-state index in [-0.39, 0.29) is 0 Å². The predicted molar refractivity (Wildman–Crippen MR) is 66.3 cm³/mol. The van der Waals surface area contributed by atoms with Crippen LogP contribution in [0.25, 0.3) is 0 Å². The molecule has 13 heavy (non-hydrogen) atoms. The van der Waals surface area contributed by atoms with Gasteiger partial charge in [0.05, 0.1) is 0 Å². The van der Waals surface area contributed by atoms with E-state index in [0.29, 0.717) is 5.54 Å². The zero-order valence-electron chi connectivity index (χ0n) is 8.86. The second kappa shape index (κ2) is 9.36. The van der Waals surface area contributed by atoms with Gasteiger partial charge in [-0.15, -0.1) is 0 Å². The highest BCUT2D eigenvalue weighted by atomic mass is 35.7. The second-order valence-electron chi connectivity index (χ2n) is 3.73. The topological polar surface area (TPSA) is 0 Å². The maximum atomic E-state index is 6.04. The molecule has 0 aromatic heterocycles. The molecule has 0 aromatic rings. The largest absolute Gasteiger partial charge is 0.240 e. The molecule has 0 aromatic carbocycles. The van der Waals surface area contributed by atoms with Crippen LogP contribution in [0.3, 0.4) is 0 Å². The molecule has 0 rings (SSSR count). The maximum absolute atomic E-state index is 6.04. The molecule has 0 saturated carbocycles. The Labute approximate surface area is 94.0 Å². The molecule has 0 radical (unpaired) electrons. The lowest BCUT2D eigenvalue weighted by Crippen LogP contribution is -2.07. The molecule has 0 amide bonds. The van der Waals surface area contributed by atoms with Crippen LogP contribution in [0.15, 0.2) is 0 Å². The van der Waals surface area contributed by atoms with Gasteiger partial charge in [0, 0.05) is 0 Å². The van der Waals surface area contributed by atoms with Gasteiger partial charge in [-0.2, -0.15) is 22.2 Å². The lowest BCUT2D eigenvalue weighted by molar-refractivity contribution is 0.582. The molecule has 3 heteroatoms. The van der Waals surface area contributed by atoms with E-state index in [1.54, 1.807) is 0 Å². The van der Waals surface area contributed by atoms with Gasteiger partial charge in [-0.25, -0.2) is 0 Å². The van der Waals surface area contributed by atoms with Gasteiger partial charge in [-0.05, 0) is 5.54 Å². The number of hydrogen-bond acceptors (Lipinski definition) is 0. The Bertz CT molecular complexity index is 107. The first-order chi connectivity index (χ1) is 6.22. The fourth-order valence-corrected chi connectivity index (χ4v) is 4.19. The summed E-state index contributed by atoms with van der Waals surface area (Å²) in [5, 5.41) is 0. The van der Waals surface area contributed by atoms with Crippen molar-refractivity contribution in [1.29, 1.82) is 0 Å². The molecule has 0 spiro atoms. The van der Waals surface area contributed by atoms with Crippen molar-refractivity contribution >= 4 is 29.6 Å². The van der Waals surface area contributed by atoms with Gasteiger partial charge in [-0.1, -0.05) is 58.8 Å². The standard InChI is InChI=1S/C10H22Cl2Si/c1-3-5-6-7-9-10(8-4-2)13(11)12/h10,13H,3-9H2,1-2H3. The molecule has 0 aliphatic carbocycles. The monoisotopic (exact) mass is 240 g/mol. The van der Waals surface area contributed by atoms with E-state index < -0.39 is 7.42 Å². The van der Waals surface area contributed by atoms with Gasteiger partial charge in [-0.3, -0.25) is 0 Å². The van der Waals surface area contributed by atoms with Crippen molar-refractivity contribution in [2.24, 2.45) is 0 Å². The third kappa shape index (κ3) is 7.84. The molecule has 0 heterocycles. The Morgan fingerprint density at radius 3 is 2.08 bits per heavy atom. The summed E-state index contributed by atoms with van der Waals surface area (Å²) in [4.78, 5) is 0. The van der Waals surface area contributed by atoms with Crippen LogP contribution in [0, 0.1) is 0 Å². The average Bonchev–Trinajstić information content (AvgIpc) is 2.10. The highest BCUT2D eigenvalue weighted by Crippen LogP contribution is 2.28. The van der Waals surface area contributed by atoms with Crippen LogP contribution in [0.2, 0.25) is 5.54 Å². The summed E-state index contributed by atoms with van der Waals surface area (Å²) in [5.74, 6) is 0. The number of hydrogen-bond donors (Lipinski definition) is 0. The van der Waals surface area contributed by atoms with E-state index in [1.807, 2.05) is 0 Å². The van der Waals surface area contributed by atoms with Gasteiger partial charge in [0.25, 0.3) is 0 Å². The van der Waals surface area contributed by atoms with Crippen LogP contribution in [0.4, 0.5) is 0 Å². The third-order valence-electron chi connectivity index (χ3n) is 2.44. The lowest BCUT2D eigenvalue weighted by atomic mass is 10.1. The predicted octanol–water partition coefficient (Wildman–Crippen LogP) is 4.83. The fourth-order valence-electron chi connectivity index (χ4n) is 1.60. The zero-order chi connectivity index (χ0) is 10.1. The Morgan fingerprint density at radius 2 is 1.62 bits per heavy atom.